The van der Waals surface area contributed by atoms with Crippen LogP contribution in [-0.4, -0.2) is 60.1 Å². The van der Waals surface area contributed by atoms with Gasteiger partial charge in [-0.3, -0.25) is 14.6 Å². The number of amides is 2. The molecule has 0 aliphatic carbocycles. The molecule has 0 spiro atoms. The third-order valence-electron chi connectivity index (χ3n) is 8.30. The first kappa shape index (κ1) is 26.3. The average molecular weight is 582 g/mol. The summed E-state index contributed by atoms with van der Waals surface area (Å²) in [5, 5.41) is 1.93. The molecule has 7 rings (SSSR count). The van der Waals surface area contributed by atoms with Crippen molar-refractivity contribution in [3.05, 3.63) is 83.0 Å². The van der Waals surface area contributed by atoms with Crippen molar-refractivity contribution < 1.29 is 19.1 Å². The van der Waals surface area contributed by atoms with Crippen LogP contribution in [0.15, 0.2) is 65.7 Å². The zero-order valence-corrected chi connectivity index (χ0v) is 23.7. The van der Waals surface area contributed by atoms with Crippen molar-refractivity contribution in [3.63, 3.8) is 0 Å². The molecule has 212 valence electrons. The summed E-state index contributed by atoms with van der Waals surface area (Å²) >= 11 is 6.35. The van der Waals surface area contributed by atoms with Crippen molar-refractivity contribution >= 4 is 57.5 Å². The van der Waals surface area contributed by atoms with Crippen LogP contribution in [0.25, 0.3) is 10.8 Å². The lowest BCUT2D eigenvalue weighted by Crippen LogP contribution is -2.44. The number of aromatic nitrogens is 1. The summed E-state index contributed by atoms with van der Waals surface area (Å²) in [4.78, 5) is 39.7. The number of nitrogens with zero attached hydrogens (tertiary/aromatic N) is 4. The molecule has 0 fully saturated rings. The molecule has 2 amide bonds. The van der Waals surface area contributed by atoms with E-state index in [1.54, 1.807) is 22.1 Å². The minimum Gasteiger partial charge on any atom is -0.478 e. The highest BCUT2D eigenvalue weighted by Crippen LogP contribution is 2.44. The molecule has 0 saturated heterocycles. The Labute approximate surface area is 247 Å². The van der Waals surface area contributed by atoms with Gasteiger partial charge in [-0.2, -0.15) is 0 Å². The van der Waals surface area contributed by atoms with Crippen LogP contribution in [0.2, 0.25) is 0 Å². The Bertz CT molecular complexity index is 1790. The van der Waals surface area contributed by atoms with Crippen molar-refractivity contribution in [2.75, 3.05) is 36.8 Å². The Morgan fingerprint density at radius 3 is 2.64 bits per heavy atom. The number of alkyl halides is 1. The van der Waals surface area contributed by atoms with Gasteiger partial charge in [-0.05, 0) is 34.6 Å². The number of nitrogen functional groups attached to an aromatic ring is 1. The van der Waals surface area contributed by atoms with E-state index < -0.39 is 0 Å². The Kier molecular flexibility index (Phi) is 6.46. The minimum atomic E-state index is -0.278. The molecule has 0 bridgehead atoms. The van der Waals surface area contributed by atoms with Gasteiger partial charge in [0, 0.05) is 48.2 Å². The van der Waals surface area contributed by atoms with Gasteiger partial charge in [0.25, 0.3) is 17.7 Å². The maximum absolute atomic E-state index is 13.6. The first-order chi connectivity index (χ1) is 20.5. The van der Waals surface area contributed by atoms with Gasteiger partial charge in [0.2, 0.25) is 0 Å². The molecule has 2 N–H and O–H groups in total. The van der Waals surface area contributed by atoms with E-state index in [-0.39, 0.29) is 47.7 Å². The number of carbonyl (C=O) groups is 2. The number of rotatable bonds is 5. The summed E-state index contributed by atoms with van der Waals surface area (Å²) in [6.45, 7) is 0.620. The number of methoxy groups -OCH3 is 1. The van der Waals surface area contributed by atoms with Crippen LogP contribution in [0, 0.1) is 0 Å². The number of pyridine rings is 1. The molecule has 3 aromatic carbocycles. The molecule has 1 aromatic heterocycles. The van der Waals surface area contributed by atoms with Crippen LogP contribution >= 0.6 is 11.6 Å². The fourth-order valence-corrected chi connectivity index (χ4v) is 6.48. The first-order valence-corrected chi connectivity index (χ1v) is 14.3. The van der Waals surface area contributed by atoms with E-state index >= 15 is 0 Å². The highest BCUT2D eigenvalue weighted by atomic mass is 35.5. The lowest BCUT2D eigenvalue weighted by Gasteiger charge is -2.33. The lowest BCUT2D eigenvalue weighted by atomic mass is 9.94. The molecule has 4 aromatic rings. The molecular formula is C32H28ClN5O4. The second-order valence-corrected chi connectivity index (χ2v) is 11.0. The van der Waals surface area contributed by atoms with Crippen molar-refractivity contribution in [2.45, 2.75) is 24.9 Å². The Balaban J connectivity index is 1.15. The fourth-order valence-electron chi connectivity index (χ4n) is 6.23. The number of anilines is 2. The number of ether oxygens (including phenoxy) is 2. The number of hydrogen-bond donors (Lipinski definition) is 1. The molecule has 9 nitrogen and oxygen atoms in total. The van der Waals surface area contributed by atoms with Crippen LogP contribution in [0.4, 0.5) is 17.1 Å². The number of halogens is 1. The van der Waals surface area contributed by atoms with E-state index in [1.165, 1.54) is 12.7 Å². The van der Waals surface area contributed by atoms with Gasteiger partial charge in [-0.1, -0.05) is 48.5 Å². The van der Waals surface area contributed by atoms with Crippen LogP contribution in [0.3, 0.4) is 0 Å². The highest BCUT2D eigenvalue weighted by Gasteiger charge is 2.36. The lowest BCUT2D eigenvalue weighted by molar-refractivity contribution is -0.120. The summed E-state index contributed by atoms with van der Waals surface area (Å²) < 4.78 is 11.5. The van der Waals surface area contributed by atoms with E-state index in [9.17, 15) is 9.59 Å². The molecule has 2 atom stereocenters. The fraction of sp³-hybridized carbons (Fsp3) is 0.250. The molecule has 4 heterocycles. The van der Waals surface area contributed by atoms with E-state index in [0.29, 0.717) is 36.8 Å². The van der Waals surface area contributed by atoms with Crippen molar-refractivity contribution in [2.24, 2.45) is 4.99 Å². The maximum Gasteiger partial charge on any atom is 0.275 e. The summed E-state index contributed by atoms with van der Waals surface area (Å²) in [6.07, 6.45) is 2.46. The van der Waals surface area contributed by atoms with Crippen LogP contribution < -0.4 is 20.1 Å². The molecule has 10 heteroatoms. The van der Waals surface area contributed by atoms with Crippen LogP contribution in [0.5, 0.6) is 11.6 Å². The predicted octanol–water partition coefficient (Wildman–Crippen LogP) is 4.86. The van der Waals surface area contributed by atoms with E-state index in [4.69, 9.17) is 26.8 Å². The number of benzene rings is 3. The number of hydrogen-bond acceptors (Lipinski definition) is 7. The summed E-state index contributed by atoms with van der Waals surface area (Å²) in [6, 6.07) is 19.2. The van der Waals surface area contributed by atoms with Crippen molar-refractivity contribution in [3.8, 4) is 11.6 Å². The van der Waals surface area contributed by atoms with E-state index in [0.717, 1.165) is 27.6 Å². The van der Waals surface area contributed by atoms with Crippen LogP contribution in [-0.2, 0) is 17.8 Å². The standard InChI is InChI=1S/C32H28ClN5O4/c1-41-31-27(12-25-30(36-31)32(40)37-15-19-7-3-2-6-18(19)10-21(37)14-35-25)42-17-28(39)38-16-20(13-33)29-23-9-5-4-8-22(23)24(34)11-26(29)38/h2-9,11-12,14,20-21H,10,13,15-17,34H2,1H3/t20-,21+/m1/s1. The number of aliphatic imine (C=N–C) groups is 1. The van der Waals surface area contributed by atoms with Gasteiger partial charge in [-0.15, -0.1) is 11.6 Å². The zero-order chi connectivity index (χ0) is 29.0. The number of fused-ring (bicyclic) bond motifs is 6. The minimum absolute atomic E-state index is 0.0372. The topological polar surface area (TPSA) is 110 Å². The summed E-state index contributed by atoms with van der Waals surface area (Å²) in [5.41, 5.74) is 11.6. The van der Waals surface area contributed by atoms with Gasteiger partial charge < -0.3 is 25.0 Å². The number of nitrogens with two attached hydrogens (primary N) is 1. The molecule has 42 heavy (non-hydrogen) atoms. The zero-order valence-electron chi connectivity index (χ0n) is 22.9. The molecule has 0 unspecified atom stereocenters. The quantitative estimate of drug-likeness (QED) is 0.266. The van der Waals surface area contributed by atoms with Gasteiger partial charge >= 0.3 is 0 Å². The van der Waals surface area contributed by atoms with Gasteiger partial charge in [0.1, 0.15) is 0 Å². The smallest absolute Gasteiger partial charge is 0.275 e. The Morgan fingerprint density at radius 2 is 1.86 bits per heavy atom. The SMILES string of the molecule is COc1nc2c(cc1OCC(=O)N1C[C@@H](CCl)c3c1cc(N)c1ccccc31)N=C[C@@H]1Cc3ccccc3CN1C2=O. The van der Waals surface area contributed by atoms with Crippen molar-refractivity contribution in [1.29, 1.82) is 0 Å². The predicted molar refractivity (Wildman–Crippen MR) is 162 cm³/mol. The molecule has 0 saturated carbocycles. The van der Waals surface area contributed by atoms with Crippen LogP contribution in [0.1, 0.15) is 33.1 Å². The van der Waals surface area contributed by atoms with Gasteiger partial charge in [0.05, 0.1) is 24.5 Å². The summed E-state index contributed by atoms with van der Waals surface area (Å²) in [7, 11) is 1.45. The Morgan fingerprint density at radius 1 is 1.10 bits per heavy atom. The average Bonchev–Trinajstić information content (AvgIpc) is 3.34. The van der Waals surface area contributed by atoms with E-state index in [2.05, 4.69) is 16.0 Å². The molecular weight excluding hydrogens is 554 g/mol. The van der Waals surface area contributed by atoms with E-state index in [1.807, 2.05) is 48.5 Å². The Hall–Kier alpha value is -4.63. The monoisotopic (exact) mass is 581 g/mol. The van der Waals surface area contributed by atoms with Gasteiger partial charge in [0.15, 0.2) is 18.1 Å². The third-order valence-corrected chi connectivity index (χ3v) is 8.67. The second kappa shape index (κ2) is 10.3. The second-order valence-electron chi connectivity index (χ2n) is 10.7. The largest absolute Gasteiger partial charge is 0.478 e. The normalized spacial score (nSPS) is 18.7. The molecule has 0 radical (unpaired) electrons. The van der Waals surface area contributed by atoms with Gasteiger partial charge in [-0.25, -0.2) is 4.98 Å². The van der Waals surface area contributed by atoms with Crippen molar-refractivity contribution in [1.82, 2.24) is 9.88 Å². The summed E-state index contributed by atoms with van der Waals surface area (Å²) in [5.74, 6) is 0.174. The first-order valence-electron chi connectivity index (χ1n) is 13.8. The highest BCUT2D eigenvalue weighted by molar-refractivity contribution is 6.19. The molecule has 3 aliphatic rings. The maximum atomic E-state index is 13.6. The third kappa shape index (κ3) is 4.23. The number of carbonyl (C=O) groups excluding carboxylic acids is 2. The molecule has 3 aliphatic heterocycles.